The van der Waals surface area contributed by atoms with Crippen molar-refractivity contribution < 1.29 is 19.1 Å². The Morgan fingerprint density at radius 1 is 1.25 bits per heavy atom. The molecule has 0 fully saturated rings. The second kappa shape index (κ2) is 7.04. The SMILES string of the molecule is COc1cccc(CNC(=O)C[C@H]2Oc3ccccc3NC2=O)c1. The van der Waals surface area contributed by atoms with Crippen LogP contribution in [-0.4, -0.2) is 25.0 Å². The van der Waals surface area contributed by atoms with E-state index in [9.17, 15) is 9.59 Å². The lowest BCUT2D eigenvalue weighted by Crippen LogP contribution is -2.40. The van der Waals surface area contributed by atoms with Crippen molar-refractivity contribution in [3.63, 3.8) is 0 Å². The van der Waals surface area contributed by atoms with Crippen LogP contribution in [0.4, 0.5) is 5.69 Å². The number of nitrogens with one attached hydrogen (secondary N) is 2. The van der Waals surface area contributed by atoms with Crippen molar-refractivity contribution in [2.24, 2.45) is 0 Å². The Balaban J connectivity index is 1.56. The lowest BCUT2D eigenvalue weighted by Gasteiger charge is -2.25. The van der Waals surface area contributed by atoms with Crippen LogP contribution < -0.4 is 20.1 Å². The molecule has 6 heteroatoms. The number of fused-ring (bicyclic) bond motifs is 1. The minimum absolute atomic E-state index is 0.0376. The Kier molecular flexibility index (Phi) is 4.65. The first kappa shape index (κ1) is 15.9. The van der Waals surface area contributed by atoms with E-state index in [0.29, 0.717) is 18.0 Å². The minimum Gasteiger partial charge on any atom is -0.497 e. The van der Waals surface area contributed by atoms with Crippen LogP contribution in [0.5, 0.6) is 11.5 Å². The first-order chi connectivity index (χ1) is 11.7. The second-order valence-electron chi connectivity index (χ2n) is 5.42. The van der Waals surface area contributed by atoms with E-state index in [-0.39, 0.29) is 18.2 Å². The van der Waals surface area contributed by atoms with Gasteiger partial charge in [0.25, 0.3) is 5.91 Å². The van der Waals surface area contributed by atoms with Crippen LogP contribution in [0.3, 0.4) is 0 Å². The maximum atomic E-state index is 12.1. The highest BCUT2D eigenvalue weighted by atomic mass is 16.5. The standard InChI is InChI=1S/C18H18N2O4/c1-23-13-6-4-5-12(9-13)11-19-17(21)10-16-18(22)20-14-7-2-3-8-15(14)24-16/h2-9,16H,10-11H2,1H3,(H,19,21)(H,20,22)/t16-/m1/s1. The number of anilines is 1. The molecule has 124 valence electrons. The zero-order chi connectivity index (χ0) is 16.9. The molecule has 0 unspecified atom stereocenters. The van der Waals surface area contributed by atoms with Crippen molar-refractivity contribution in [3.8, 4) is 11.5 Å². The molecule has 2 amide bonds. The maximum Gasteiger partial charge on any atom is 0.266 e. The van der Waals surface area contributed by atoms with Crippen molar-refractivity contribution in [1.82, 2.24) is 5.32 Å². The number of hydrogen-bond acceptors (Lipinski definition) is 4. The van der Waals surface area contributed by atoms with Crippen LogP contribution in [0.1, 0.15) is 12.0 Å². The van der Waals surface area contributed by atoms with Crippen molar-refractivity contribution in [2.45, 2.75) is 19.1 Å². The zero-order valence-electron chi connectivity index (χ0n) is 13.2. The number of carbonyl (C=O) groups is 2. The lowest BCUT2D eigenvalue weighted by molar-refractivity contribution is -0.130. The quantitative estimate of drug-likeness (QED) is 0.882. The van der Waals surface area contributed by atoms with Gasteiger partial charge >= 0.3 is 0 Å². The molecular formula is C18H18N2O4. The molecule has 0 bridgehead atoms. The summed E-state index contributed by atoms with van der Waals surface area (Å²) in [6, 6.07) is 14.6. The molecule has 1 aliphatic heterocycles. The molecule has 1 atom stereocenters. The van der Waals surface area contributed by atoms with Gasteiger partial charge in [0.2, 0.25) is 5.91 Å². The zero-order valence-corrected chi connectivity index (χ0v) is 13.2. The van der Waals surface area contributed by atoms with Gasteiger partial charge in [-0.1, -0.05) is 24.3 Å². The average Bonchev–Trinajstić information content (AvgIpc) is 2.61. The van der Waals surface area contributed by atoms with Crippen molar-refractivity contribution >= 4 is 17.5 Å². The molecule has 2 aromatic carbocycles. The third-order valence-electron chi connectivity index (χ3n) is 3.70. The van der Waals surface area contributed by atoms with Gasteiger partial charge in [-0.05, 0) is 29.8 Å². The van der Waals surface area contributed by atoms with E-state index < -0.39 is 6.10 Å². The Bertz CT molecular complexity index is 760. The first-order valence-corrected chi connectivity index (χ1v) is 7.62. The van der Waals surface area contributed by atoms with Crippen LogP contribution in [0.15, 0.2) is 48.5 Å². The molecular weight excluding hydrogens is 308 g/mol. The van der Waals surface area contributed by atoms with E-state index in [1.807, 2.05) is 36.4 Å². The van der Waals surface area contributed by atoms with E-state index in [2.05, 4.69) is 10.6 Å². The van der Waals surface area contributed by atoms with E-state index in [1.165, 1.54) is 0 Å². The van der Waals surface area contributed by atoms with Gasteiger partial charge < -0.3 is 20.1 Å². The molecule has 1 aliphatic rings. The Hall–Kier alpha value is -3.02. The predicted octanol–water partition coefficient (Wildman–Crippen LogP) is 2.10. The fourth-order valence-electron chi connectivity index (χ4n) is 2.45. The summed E-state index contributed by atoms with van der Waals surface area (Å²) < 4.78 is 10.8. The smallest absolute Gasteiger partial charge is 0.266 e. The monoisotopic (exact) mass is 326 g/mol. The topological polar surface area (TPSA) is 76.7 Å². The van der Waals surface area contributed by atoms with Gasteiger partial charge in [0.1, 0.15) is 11.5 Å². The van der Waals surface area contributed by atoms with Gasteiger partial charge in [-0.2, -0.15) is 0 Å². The van der Waals surface area contributed by atoms with Crippen LogP contribution in [0, 0.1) is 0 Å². The number of carbonyl (C=O) groups excluding carboxylic acids is 2. The molecule has 0 saturated heterocycles. The Labute approximate surface area is 139 Å². The third kappa shape index (κ3) is 3.65. The summed E-state index contributed by atoms with van der Waals surface area (Å²) in [5.74, 6) is 0.735. The van der Waals surface area contributed by atoms with Gasteiger partial charge in [-0.25, -0.2) is 0 Å². The fourth-order valence-corrected chi connectivity index (χ4v) is 2.45. The molecule has 3 rings (SSSR count). The summed E-state index contributed by atoms with van der Waals surface area (Å²) in [6.45, 7) is 0.362. The van der Waals surface area contributed by atoms with E-state index in [4.69, 9.17) is 9.47 Å². The summed E-state index contributed by atoms with van der Waals surface area (Å²) in [5.41, 5.74) is 1.54. The van der Waals surface area contributed by atoms with E-state index in [0.717, 1.165) is 11.3 Å². The molecule has 0 aliphatic carbocycles. The lowest BCUT2D eigenvalue weighted by atomic mass is 10.1. The maximum absolute atomic E-state index is 12.1. The molecule has 6 nitrogen and oxygen atoms in total. The number of hydrogen-bond donors (Lipinski definition) is 2. The molecule has 0 aromatic heterocycles. The van der Waals surface area contributed by atoms with Crippen molar-refractivity contribution in [1.29, 1.82) is 0 Å². The number of para-hydroxylation sites is 2. The summed E-state index contributed by atoms with van der Waals surface area (Å²) in [6.07, 6.45) is -0.866. The molecule has 0 radical (unpaired) electrons. The summed E-state index contributed by atoms with van der Waals surface area (Å²) >= 11 is 0. The van der Waals surface area contributed by atoms with E-state index in [1.54, 1.807) is 19.2 Å². The van der Waals surface area contributed by atoms with Crippen LogP contribution in [0.25, 0.3) is 0 Å². The molecule has 0 spiro atoms. The average molecular weight is 326 g/mol. The highest BCUT2D eigenvalue weighted by Gasteiger charge is 2.29. The van der Waals surface area contributed by atoms with Gasteiger partial charge in [0.15, 0.2) is 6.10 Å². The number of ether oxygens (including phenoxy) is 2. The van der Waals surface area contributed by atoms with Gasteiger partial charge in [-0.15, -0.1) is 0 Å². The van der Waals surface area contributed by atoms with Crippen molar-refractivity contribution in [2.75, 3.05) is 12.4 Å². The predicted molar refractivity (Wildman–Crippen MR) is 88.9 cm³/mol. The molecule has 1 heterocycles. The summed E-state index contributed by atoms with van der Waals surface area (Å²) in [4.78, 5) is 24.1. The van der Waals surface area contributed by atoms with Gasteiger partial charge in [0.05, 0.1) is 19.2 Å². The summed E-state index contributed by atoms with van der Waals surface area (Å²) in [7, 11) is 1.59. The largest absolute Gasteiger partial charge is 0.497 e. The molecule has 2 aromatic rings. The molecule has 24 heavy (non-hydrogen) atoms. The number of amides is 2. The highest BCUT2D eigenvalue weighted by Crippen LogP contribution is 2.29. The fraction of sp³-hybridized carbons (Fsp3) is 0.222. The number of rotatable bonds is 5. The number of methoxy groups -OCH3 is 1. The minimum atomic E-state index is -0.829. The molecule has 0 saturated carbocycles. The van der Waals surface area contributed by atoms with Crippen LogP contribution in [0.2, 0.25) is 0 Å². The number of benzene rings is 2. The van der Waals surface area contributed by atoms with Gasteiger partial charge in [-0.3, -0.25) is 9.59 Å². The Morgan fingerprint density at radius 3 is 2.92 bits per heavy atom. The van der Waals surface area contributed by atoms with Gasteiger partial charge in [0, 0.05) is 6.54 Å². The van der Waals surface area contributed by atoms with E-state index >= 15 is 0 Å². The third-order valence-corrected chi connectivity index (χ3v) is 3.70. The first-order valence-electron chi connectivity index (χ1n) is 7.62. The normalized spacial score (nSPS) is 15.7. The molecule has 2 N–H and O–H groups in total. The van der Waals surface area contributed by atoms with Crippen molar-refractivity contribution in [3.05, 3.63) is 54.1 Å². The summed E-state index contributed by atoms with van der Waals surface area (Å²) in [5, 5.41) is 5.53. The Morgan fingerprint density at radius 2 is 2.08 bits per heavy atom. The second-order valence-corrected chi connectivity index (χ2v) is 5.42. The highest BCUT2D eigenvalue weighted by molar-refractivity contribution is 5.99. The van der Waals surface area contributed by atoms with Crippen LogP contribution >= 0.6 is 0 Å². The van der Waals surface area contributed by atoms with Crippen LogP contribution in [-0.2, 0) is 16.1 Å².